The molecule has 8 rings (SSSR count). The summed E-state index contributed by atoms with van der Waals surface area (Å²) < 4.78 is 11.9. The zero-order chi connectivity index (χ0) is 42.2. The first kappa shape index (κ1) is 42.6. The summed E-state index contributed by atoms with van der Waals surface area (Å²) in [6.45, 7) is 2.57. The van der Waals surface area contributed by atoms with E-state index in [0.717, 1.165) is 43.6 Å². The first-order valence-corrected chi connectivity index (χ1v) is 20.6. The average molecular weight is 885 g/mol. The summed E-state index contributed by atoms with van der Waals surface area (Å²) in [7, 11) is 0. The van der Waals surface area contributed by atoms with Crippen LogP contribution in [0.15, 0.2) is 122 Å². The molecule has 2 atom stereocenters. The lowest BCUT2D eigenvalue weighted by atomic mass is 10.00. The van der Waals surface area contributed by atoms with E-state index in [1.807, 2.05) is 12.1 Å². The van der Waals surface area contributed by atoms with Gasteiger partial charge < -0.3 is 24.4 Å². The van der Waals surface area contributed by atoms with Crippen LogP contribution < -0.4 is 19.3 Å². The van der Waals surface area contributed by atoms with Crippen molar-refractivity contribution in [3.05, 3.63) is 175 Å². The number of ketones is 2. The first-order chi connectivity index (χ1) is 29.1. The van der Waals surface area contributed by atoms with Gasteiger partial charge >= 0.3 is 0 Å². The molecule has 2 saturated heterocycles. The van der Waals surface area contributed by atoms with Crippen LogP contribution in [0.3, 0.4) is 0 Å². The van der Waals surface area contributed by atoms with Crippen LogP contribution in [-0.2, 0) is 6.61 Å². The van der Waals surface area contributed by atoms with E-state index < -0.39 is 0 Å². The Bertz CT molecular complexity index is 2490. The zero-order valence-electron chi connectivity index (χ0n) is 32.0. The SMILES string of the molecule is O=C(c1ccc(Cl)cc1)c1ccc(N2CC[C@H](Oc3ncccc3Cl)C2)c(CO)c1.O=Cc1cc(C(=O)c2ccc(Cl)cc2)ccc1N1CC[C@H](Oc2ncccc2Cl)C1. The van der Waals surface area contributed by atoms with Crippen LogP contribution in [0, 0.1) is 0 Å². The molecule has 0 radical (unpaired) electrons. The summed E-state index contributed by atoms with van der Waals surface area (Å²) in [5, 5.41) is 12.0. The third-order valence-corrected chi connectivity index (χ3v) is 11.2. The summed E-state index contributed by atoms with van der Waals surface area (Å²) in [4.78, 5) is 49.8. The number of aliphatic hydroxyl groups is 1. The van der Waals surface area contributed by atoms with Crippen molar-refractivity contribution in [1.29, 1.82) is 0 Å². The second-order valence-electron chi connectivity index (χ2n) is 14.1. The van der Waals surface area contributed by atoms with Gasteiger partial charge in [-0.1, -0.05) is 46.4 Å². The fourth-order valence-corrected chi connectivity index (χ4v) is 7.68. The standard InChI is InChI=1S/C23H20Cl2N2O3.C23H18Cl2N2O3/c2*24-18-6-3-15(4-7-18)22(29)16-5-8-21(17(12-16)14-28)27-11-9-19(13-27)30-23-20(25)2-1-10-26-23/h1-8,10,12,19,28H,9,11,13-14H2;1-8,10,12,14,19H,9,11,13H2/t2*19-/m00/s1. The van der Waals surface area contributed by atoms with Crippen LogP contribution in [0.4, 0.5) is 11.4 Å². The summed E-state index contributed by atoms with van der Waals surface area (Å²) in [5.41, 5.74) is 4.88. The summed E-state index contributed by atoms with van der Waals surface area (Å²) in [6.07, 6.45) is 5.49. The van der Waals surface area contributed by atoms with E-state index in [4.69, 9.17) is 55.9 Å². The van der Waals surface area contributed by atoms with E-state index in [2.05, 4.69) is 19.8 Å². The van der Waals surface area contributed by atoms with Crippen molar-refractivity contribution in [2.75, 3.05) is 36.0 Å². The minimum Gasteiger partial charge on any atom is -0.471 e. The number of hydrogen-bond acceptors (Lipinski definition) is 10. The Kier molecular flexibility index (Phi) is 14.0. The summed E-state index contributed by atoms with van der Waals surface area (Å²) >= 11 is 24.1. The molecule has 2 aromatic heterocycles. The maximum absolute atomic E-state index is 12.8. The molecule has 2 aliphatic rings. The molecule has 0 amide bonds. The molecule has 4 aromatic carbocycles. The largest absolute Gasteiger partial charge is 0.471 e. The fourth-order valence-electron chi connectivity index (χ4n) is 7.09. The molecule has 0 saturated carbocycles. The maximum Gasteiger partial charge on any atom is 0.232 e. The molecule has 0 bridgehead atoms. The fraction of sp³-hybridized carbons (Fsp3) is 0.196. The molecule has 0 aliphatic carbocycles. The Labute approximate surface area is 367 Å². The van der Waals surface area contributed by atoms with Gasteiger partial charge in [-0.2, -0.15) is 0 Å². The van der Waals surface area contributed by atoms with Gasteiger partial charge in [-0.3, -0.25) is 14.4 Å². The number of pyridine rings is 2. The van der Waals surface area contributed by atoms with Crippen molar-refractivity contribution < 1.29 is 29.0 Å². The Morgan fingerprint density at radius 1 is 0.633 bits per heavy atom. The lowest BCUT2D eigenvalue weighted by Gasteiger charge is -2.22. The molecular formula is C46H38Cl4N4O6. The van der Waals surface area contributed by atoms with E-state index in [0.29, 0.717) is 78.3 Å². The molecule has 2 fully saturated rings. The Morgan fingerprint density at radius 2 is 1.08 bits per heavy atom. The molecule has 10 nitrogen and oxygen atoms in total. The van der Waals surface area contributed by atoms with Gasteiger partial charge in [0.2, 0.25) is 11.8 Å². The van der Waals surface area contributed by atoms with Crippen molar-refractivity contribution >= 4 is 75.6 Å². The third kappa shape index (κ3) is 10.3. The molecule has 1 N–H and O–H groups in total. The van der Waals surface area contributed by atoms with Crippen LogP contribution in [-0.4, -0.2) is 71.3 Å². The Balaban J connectivity index is 0.000000181. The van der Waals surface area contributed by atoms with Crippen LogP contribution in [0.25, 0.3) is 0 Å². The number of anilines is 2. The second kappa shape index (κ2) is 19.7. The molecule has 0 spiro atoms. The number of carbonyl (C=O) groups is 3. The number of aliphatic hydroxyl groups excluding tert-OH is 1. The number of nitrogens with zero attached hydrogens (tertiary/aromatic N) is 4. The highest BCUT2D eigenvalue weighted by Gasteiger charge is 2.28. The molecular weight excluding hydrogens is 846 g/mol. The predicted octanol–water partition coefficient (Wildman–Crippen LogP) is 9.86. The maximum atomic E-state index is 12.8. The van der Waals surface area contributed by atoms with Crippen LogP contribution in [0.1, 0.15) is 60.6 Å². The first-order valence-electron chi connectivity index (χ1n) is 19.1. The second-order valence-corrected chi connectivity index (χ2v) is 15.8. The zero-order valence-corrected chi connectivity index (χ0v) is 35.0. The topological polar surface area (TPSA) is 122 Å². The van der Waals surface area contributed by atoms with E-state index in [-0.39, 0.29) is 30.4 Å². The van der Waals surface area contributed by atoms with Gasteiger partial charge in [-0.05, 0) is 109 Å². The van der Waals surface area contributed by atoms with Gasteiger partial charge in [0.25, 0.3) is 0 Å². The smallest absolute Gasteiger partial charge is 0.232 e. The minimum absolute atomic E-state index is 0.0562. The van der Waals surface area contributed by atoms with Gasteiger partial charge in [0.05, 0.1) is 19.7 Å². The molecule has 0 unspecified atom stereocenters. The number of rotatable bonds is 12. The average Bonchev–Trinajstić information content (AvgIpc) is 3.95. The number of hydrogen-bond donors (Lipinski definition) is 1. The van der Waals surface area contributed by atoms with Crippen molar-refractivity contribution in [3.8, 4) is 11.8 Å². The molecule has 2 aliphatic heterocycles. The highest BCUT2D eigenvalue weighted by atomic mass is 35.5. The van der Waals surface area contributed by atoms with E-state index in [9.17, 15) is 19.5 Å². The minimum atomic E-state index is -0.162. The normalized spacial score (nSPS) is 15.9. The molecule has 306 valence electrons. The Hall–Kier alpha value is -5.49. The predicted molar refractivity (Wildman–Crippen MR) is 235 cm³/mol. The van der Waals surface area contributed by atoms with Gasteiger partial charge in [-0.25, -0.2) is 9.97 Å². The number of aromatic nitrogens is 2. The molecule has 4 heterocycles. The number of halogens is 4. The van der Waals surface area contributed by atoms with Crippen molar-refractivity contribution in [2.45, 2.75) is 31.7 Å². The van der Waals surface area contributed by atoms with Crippen molar-refractivity contribution in [1.82, 2.24) is 9.97 Å². The Morgan fingerprint density at radius 3 is 1.55 bits per heavy atom. The lowest BCUT2D eigenvalue weighted by molar-refractivity contribution is 0.103. The lowest BCUT2D eigenvalue weighted by Crippen LogP contribution is -2.25. The summed E-state index contributed by atoms with van der Waals surface area (Å²) in [5.74, 6) is 0.567. The number of benzene rings is 4. The number of aldehydes is 1. The van der Waals surface area contributed by atoms with Crippen molar-refractivity contribution in [2.24, 2.45) is 0 Å². The highest BCUT2D eigenvalue weighted by Crippen LogP contribution is 2.31. The van der Waals surface area contributed by atoms with E-state index >= 15 is 0 Å². The van der Waals surface area contributed by atoms with E-state index in [1.165, 1.54) is 0 Å². The number of ether oxygens (including phenoxy) is 2. The quantitative estimate of drug-likeness (QED) is 0.0939. The van der Waals surface area contributed by atoms with E-state index in [1.54, 1.807) is 109 Å². The molecule has 14 heteroatoms. The summed E-state index contributed by atoms with van der Waals surface area (Å²) in [6, 6.07) is 31.0. The van der Waals surface area contributed by atoms with Gasteiger partial charge in [0.1, 0.15) is 22.3 Å². The monoisotopic (exact) mass is 882 g/mol. The van der Waals surface area contributed by atoms with Gasteiger partial charge in [0.15, 0.2) is 17.9 Å². The molecule has 60 heavy (non-hydrogen) atoms. The van der Waals surface area contributed by atoms with Crippen LogP contribution in [0.2, 0.25) is 20.1 Å². The van der Waals surface area contributed by atoms with Crippen LogP contribution in [0.5, 0.6) is 11.8 Å². The third-order valence-electron chi connectivity index (χ3n) is 10.1. The number of carbonyl (C=O) groups excluding carboxylic acids is 3. The van der Waals surface area contributed by atoms with Crippen LogP contribution >= 0.6 is 46.4 Å². The van der Waals surface area contributed by atoms with Gasteiger partial charge in [0, 0.05) is 93.1 Å². The van der Waals surface area contributed by atoms with Crippen molar-refractivity contribution in [3.63, 3.8) is 0 Å². The highest BCUT2D eigenvalue weighted by molar-refractivity contribution is 6.32. The molecule has 6 aromatic rings. The van der Waals surface area contributed by atoms with Gasteiger partial charge in [-0.15, -0.1) is 0 Å².